The van der Waals surface area contributed by atoms with E-state index in [1.165, 1.54) is 19.2 Å². The van der Waals surface area contributed by atoms with E-state index < -0.39 is 29.1 Å². The molecule has 0 unspecified atom stereocenters. The summed E-state index contributed by atoms with van der Waals surface area (Å²) in [4.78, 5) is 35.4. The predicted molar refractivity (Wildman–Crippen MR) is 157 cm³/mol. The smallest absolute Gasteiger partial charge is 0.338 e. The monoisotopic (exact) mass is 601 g/mol. The molecule has 10 heteroatoms. The van der Waals surface area contributed by atoms with Gasteiger partial charge in [0.15, 0.2) is 0 Å². The first-order valence-corrected chi connectivity index (χ1v) is 15.9. The number of benzene rings is 1. The second kappa shape index (κ2) is 12.1. The van der Waals surface area contributed by atoms with Gasteiger partial charge in [-0.2, -0.15) is 0 Å². The molecule has 43 heavy (non-hydrogen) atoms. The fraction of sp³-hybridized carbons (Fsp3) is 0.758. The van der Waals surface area contributed by atoms with E-state index in [9.17, 15) is 35.0 Å². The Morgan fingerprint density at radius 3 is 2.53 bits per heavy atom. The fourth-order valence-electron chi connectivity index (χ4n) is 10.0. The van der Waals surface area contributed by atoms with Gasteiger partial charge < -0.3 is 24.8 Å². The Morgan fingerprint density at radius 1 is 1.09 bits per heavy atom. The number of nitro groups is 1. The normalized spacial score (nSPS) is 39.1. The van der Waals surface area contributed by atoms with E-state index in [1.807, 2.05) is 0 Å². The van der Waals surface area contributed by atoms with E-state index in [1.54, 1.807) is 0 Å². The van der Waals surface area contributed by atoms with E-state index in [4.69, 9.17) is 4.74 Å². The van der Waals surface area contributed by atoms with E-state index in [0.717, 1.165) is 38.2 Å². The Morgan fingerprint density at radius 2 is 1.84 bits per heavy atom. The first-order chi connectivity index (χ1) is 20.3. The molecule has 1 aromatic carbocycles. The number of carbonyl (C=O) groups excluding carboxylic acids is 2. The molecule has 0 saturated heterocycles. The van der Waals surface area contributed by atoms with Gasteiger partial charge in [-0.3, -0.25) is 14.9 Å². The lowest BCUT2D eigenvalue weighted by atomic mass is 9.43. The van der Waals surface area contributed by atoms with Crippen molar-refractivity contribution in [2.45, 2.75) is 103 Å². The average Bonchev–Trinajstić information content (AvgIpc) is 3.34. The minimum absolute atomic E-state index is 0.0214. The second-order valence-electron chi connectivity index (χ2n) is 14.3. The van der Waals surface area contributed by atoms with Crippen LogP contribution in [0.2, 0.25) is 0 Å². The van der Waals surface area contributed by atoms with Crippen LogP contribution in [-0.2, 0) is 20.9 Å². The third-order valence-corrected chi connectivity index (χ3v) is 12.4. The van der Waals surface area contributed by atoms with Gasteiger partial charge in [0.1, 0.15) is 6.61 Å². The van der Waals surface area contributed by atoms with Crippen molar-refractivity contribution in [3.8, 4) is 0 Å². The molecule has 4 aliphatic carbocycles. The molecule has 0 aromatic heterocycles. The molecule has 0 amide bonds. The van der Waals surface area contributed by atoms with Crippen LogP contribution >= 0.6 is 0 Å². The van der Waals surface area contributed by atoms with Crippen molar-refractivity contribution < 1.29 is 39.3 Å². The summed E-state index contributed by atoms with van der Waals surface area (Å²) < 4.78 is 10.0. The summed E-state index contributed by atoms with van der Waals surface area (Å²) in [7, 11) is 1.19. The lowest BCUT2D eigenvalue weighted by molar-refractivity contribution is -0.385. The second-order valence-corrected chi connectivity index (χ2v) is 14.3. The first-order valence-electron chi connectivity index (χ1n) is 15.9. The molecule has 0 bridgehead atoms. The van der Waals surface area contributed by atoms with Crippen LogP contribution in [0.1, 0.15) is 94.5 Å². The number of ether oxygens (including phenoxy) is 2. The van der Waals surface area contributed by atoms with Crippen molar-refractivity contribution in [2.24, 2.45) is 46.3 Å². The maximum atomic E-state index is 12.7. The number of methoxy groups -OCH3 is 1. The maximum absolute atomic E-state index is 12.7. The number of nitrogens with zero attached hydrogens (tertiary/aromatic N) is 1. The zero-order valence-corrected chi connectivity index (χ0v) is 25.7. The van der Waals surface area contributed by atoms with Crippen molar-refractivity contribution in [3.63, 3.8) is 0 Å². The standard InChI is InChI=1S/C33H47NO9/c1-18(5-10-29(38)43-17-20-7-6-19(31(39)42-4)13-26(20)34(40)41)23-8-9-24-30-25(16-28(37)33(23,24)3)32(2)12-11-22(35)14-21(32)15-27(30)36/h6-7,13,18,21-25,27-28,30,35-37H,5,8-12,14-17H2,1-4H3/t18-,21+,22-,23-,24+,25+,27-,28+,30+,32+,33-/m1/s1. The van der Waals surface area contributed by atoms with Crippen LogP contribution in [-0.4, -0.2) is 57.6 Å². The summed E-state index contributed by atoms with van der Waals surface area (Å²) in [6, 6.07) is 3.92. The van der Waals surface area contributed by atoms with Crippen LogP contribution in [0.25, 0.3) is 0 Å². The lowest BCUT2D eigenvalue weighted by Crippen LogP contribution is -2.62. The number of fused-ring (bicyclic) bond motifs is 5. The zero-order chi connectivity index (χ0) is 31.3. The molecule has 3 N–H and O–H groups in total. The van der Waals surface area contributed by atoms with Crippen LogP contribution < -0.4 is 0 Å². The van der Waals surface area contributed by atoms with Gasteiger partial charge in [-0.1, -0.05) is 20.8 Å². The molecule has 0 heterocycles. The van der Waals surface area contributed by atoms with Crippen LogP contribution in [0, 0.1) is 56.5 Å². The number of hydrogen-bond acceptors (Lipinski definition) is 9. The van der Waals surface area contributed by atoms with Gasteiger partial charge in [0, 0.05) is 12.5 Å². The van der Waals surface area contributed by atoms with Gasteiger partial charge >= 0.3 is 11.9 Å². The van der Waals surface area contributed by atoms with Crippen molar-refractivity contribution >= 4 is 17.6 Å². The number of rotatable bonds is 8. The molecular formula is C33H47NO9. The number of carbonyl (C=O) groups is 2. The Hall–Kier alpha value is -2.56. The Bertz CT molecular complexity index is 1240. The molecule has 4 saturated carbocycles. The molecule has 5 rings (SSSR count). The molecule has 0 spiro atoms. The van der Waals surface area contributed by atoms with Crippen molar-refractivity contribution in [1.29, 1.82) is 0 Å². The zero-order valence-electron chi connectivity index (χ0n) is 25.7. The summed E-state index contributed by atoms with van der Waals surface area (Å²) in [5, 5.41) is 45.1. The molecule has 10 nitrogen and oxygen atoms in total. The Balaban J connectivity index is 1.21. The number of aliphatic hydroxyl groups is 3. The number of esters is 2. The van der Waals surface area contributed by atoms with Gasteiger partial charge in [-0.25, -0.2) is 4.79 Å². The molecule has 4 aliphatic rings. The maximum Gasteiger partial charge on any atom is 0.338 e. The molecule has 238 valence electrons. The third-order valence-electron chi connectivity index (χ3n) is 12.4. The Kier molecular flexibility index (Phi) is 8.95. The fourth-order valence-corrected chi connectivity index (χ4v) is 10.0. The molecule has 0 radical (unpaired) electrons. The van der Waals surface area contributed by atoms with Gasteiger partial charge in [0.2, 0.25) is 0 Å². The van der Waals surface area contributed by atoms with Crippen molar-refractivity contribution in [2.75, 3.05) is 7.11 Å². The Labute approximate surface area is 253 Å². The number of hydrogen-bond donors (Lipinski definition) is 3. The van der Waals surface area contributed by atoms with Crippen LogP contribution in [0.4, 0.5) is 5.69 Å². The highest BCUT2D eigenvalue weighted by Gasteiger charge is 2.65. The largest absolute Gasteiger partial charge is 0.465 e. The summed E-state index contributed by atoms with van der Waals surface area (Å²) >= 11 is 0. The van der Waals surface area contributed by atoms with E-state index in [0.29, 0.717) is 19.3 Å². The minimum atomic E-state index is -0.688. The first kappa shape index (κ1) is 31.9. The van der Waals surface area contributed by atoms with E-state index in [-0.39, 0.29) is 82.3 Å². The lowest BCUT2D eigenvalue weighted by Gasteiger charge is -2.63. The van der Waals surface area contributed by atoms with Gasteiger partial charge in [0.25, 0.3) is 5.69 Å². The molecular weight excluding hydrogens is 554 g/mol. The highest BCUT2D eigenvalue weighted by atomic mass is 16.6. The summed E-state index contributed by atoms with van der Waals surface area (Å²) in [6.45, 7) is 6.36. The molecule has 4 fully saturated rings. The van der Waals surface area contributed by atoms with Crippen molar-refractivity contribution in [3.05, 3.63) is 39.4 Å². The third kappa shape index (κ3) is 5.59. The minimum Gasteiger partial charge on any atom is -0.465 e. The van der Waals surface area contributed by atoms with E-state index in [2.05, 4.69) is 25.5 Å². The van der Waals surface area contributed by atoms with Crippen LogP contribution in [0.3, 0.4) is 0 Å². The quantitative estimate of drug-likeness (QED) is 0.216. The van der Waals surface area contributed by atoms with Gasteiger partial charge in [-0.05, 0) is 110 Å². The van der Waals surface area contributed by atoms with Crippen molar-refractivity contribution in [1.82, 2.24) is 0 Å². The molecule has 11 atom stereocenters. The average molecular weight is 602 g/mol. The highest BCUT2D eigenvalue weighted by molar-refractivity contribution is 5.90. The van der Waals surface area contributed by atoms with Gasteiger partial charge in [-0.15, -0.1) is 0 Å². The van der Waals surface area contributed by atoms with Gasteiger partial charge in [0.05, 0.1) is 41.5 Å². The highest BCUT2D eigenvalue weighted by Crippen LogP contribution is 2.68. The van der Waals surface area contributed by atoms with E-state index >= 15 is 0 Å². The van der Waals surface area contributed by atoms with Crippen LogP contribution in [0.15, 0.2) is 18.2 Å². The van der Waals surface area contributed by atoms with Crippen LogP contribution in [0.5, 0.6) is 0 Å². The molecule has 0 aliphatic heterocycles. The summed E-state index contributed by atoms with van der Waals surface area (Å²) in [5.41, 5.74) is -0.407. The SMILES string of the molecule is COC(=O)c1ccc(COC(=O)CC[C@@H](C)[C@H]2CC[C@H]3[C@@H]4[C@H](O)C[C@@H]5C[C@H](O)CC[C@]5(C)[C@H]4C[C@H](O)[C@]23C)c([N+](=O)[O-])c1. The number of aliphatic hydroxyl groups excluding tert-OH is 3. The predicted octanol–water partition coefficient (Wildman–Crippen LogP) is 4.80. The summed E-state index contributed by atoms with van der Waals surface area (Å²) in [6.07, 6.45) is 5.20. The topological polar surface area (TPSA) is 156 Å². The molecule has 1 aromatic rings. The number of nitro benzene ring substituents is 1. The summed E-state index contributed by atoms with van der Waals surface area (Å²) in [5.74, 6) is 0.0308.